The van der Waals surface area contributed by atoms with Crippen LogP contribution in [0, 0.1) is 5.95 Å². The number of nitrogens with one attached hydrogen (secondary N) is 1. The normalized spacial score (nSPS) is 24.4. The summed E-state index contributed by atoms with van der Waals surface area (Å²) in [6.07, 6.45) is 4.03. The summed E-state index contributed by atoms with van der Waals surface area (Å²) in [4.78, 5) is 15.2. The smallest absolute Gasteiger partial charge is 0.251 e. The Kier molecular flexibility index (Phi) is 3.68. The van der Waals surface area contributed by atoms with E-state index in [1.807, 2.05) is 0 Å². The van der Waals surface area contributed by atoms with Gasteiger partial charge in [-0.15, -0.1) is 0 Å². The molecule has 2 N–H and O–H groups in total. The number of amides is 1. The average Bonchev–Trinajstić information content (AvgIpc) is 2.29. The highest BCUT2D eigenvalue weighted by Crippen LogP contribution is 2.18. The van der Waals surface area contributed by atoms with Gasteiger partial charge in [0.1, 0.15) is 0 Å². The maximum Gasteiger partial charge on any atom is 0.251 e. The van der Waals surface area contributed by atoms with Gasteiger partial charge in [-0.05, 0) is 31.7 Å². The van der Waals surface area contributed by atoms with Gasteiger partial charge in [0, 0.05) is 23.9 Å². The van der Waals surface area contributed by atoms with Crippen molar-refractivity contribution in [2.24, 2.45) is 0 Å². The van der Waals surface area contributed by atoms with Gasteiger partial charge in [-0.25, -0.2) is 4.98 Å². The fourth-order valence-corrected chi connectivity index (χ4v) is 2.11. The van der Waals surface area contributed by atoms with Gasteiger partial charge >= 0.3 is 0 Å². The molecular formula is C12H15FN2O2. The minimum atomic E-state index is -0.665. The molecule has 1 aromatic heterocycles. The first-order chi connectivity index (χ1) is 8.15. The zero-order valence-corrected chi connectivity index (χ0v) is 9.40. The van der Waals surface area contributed by atoms with E-state index in [4.69, 9.17) is 0 Å². The van der Waals surface area contributed by atoms with Crippen LogP contribution in [-0.2, 0) is 0 Å². The number of halogens is 1. The van der Waals surface area contributed by atoms with Crippen molar-refractivity contribution < 1.29 is 14.3 Å². The summed E-state index contributed by atoms with van der Waals surface area (Å²) in [6.45, 7) is 0. The van der Waals surface area contributed by atoms with Crippen molar-refractivity contribution in [1.29, 1.82) is 0 Å². The van der Waals surface area contributed by atoms with E-state index in [1.165, 1.54) is 12.3 Å². The van der Waals surface area contributed by atoms with E-state index in [-0.39, 0.29) is 23.6 Å². The maximum atomic E-state index is 12.8. The van der Waals surface area contributed by atoms with Crippen LogP contribution in [0.15, 0.2) is 18.3 Å². The Morgan fingerprint density at radius 3 is 3.06 bits per heavy atom. The summed E-state index contributed by atoms with van der Waals surface area (Å²) in [6, 6.07) is 2.55. The number of aromatic nitrogens is 1. The molecule has 2 atom stereocenters. The molecule has 0 radical (unpaired) electrons. The van der Waals surface area contributed by atoms with Gasteiger partial charge in [-0.3, -0.25) is 4.79 Å². The second kappa shape index (κ2) is 5.23. The highest BCUT2D eigenvalue weighted by atomic mass is 19.1. The summed E-state index contributed by atoms with van der Waals surface area (Å²) in [5, 5.41) is 12.3. The molecule has 4 nitrogen and oxygen atoms in total. The van der Waals surface area contributed by atoms with Crippen molar-refractivity contribution in [3.63, 3.8) is 0 Å². The quantitative estimate of drug-likeness (QED) is 0.762. The third kappa shape index (κ3) is 3.23. The number of hydrogen-bond acceptors (Lipinski definition) is 3. The summed E-state index contributed by atoms with van der Waals surface area (Å²) >= 11 is 0. The molecule has 17 heavy (non-hydrogen) atoms. The van der Waals surface area contributed by atoms with Crippen LogP contribution in [0.3, 0.4) is 0 Å². The van der Waals surface area contributed by atoms with E-state index in [1.54, 1.807) is 0 Å². The van der Waals surface area contributed by atoms with Crippen LogP contribution >= 0.6 is 0 Å². The zero-order chi connectivity index (χ0) is 12.3. The molecule has 0 bridgehead atoms. The Hall–Kier alpha value is -1.49. The molecule has 1 fully saturated rings. The Labute approximate surface area is 98.9 Å². The number of aliphatic hydroxyl groups is 1. The van der Waals surface area contributed by atoms with Crippen molar-refractivity contribution in [2.45, 2.75) is 37.8 Å². The molecule has 92 valence electrons. The first-order valence-corrected chi connectivity index (χ1v) is 5.75. The molecule has 0 aromatic carbocycles. The van der Waals surface area contributed by atoms with Crippen LogP contribution in [-0.4, -0.2) is 28.1 Å². The molecule has 5 heteroatoms. The van der Waals surface area contributed by atoms with Gasteiger partial charge in [0.05, 0.1) is 6.10 Å². The number of hydrogen-bond donors (Lipinski definition) is 2. The number of pyridine rings is 1. The molecule has 1 saturated carbocycles. The Morgan fingerprint density at radius 2 is 2.35 bits per heavy atom. The highest BCUT2D eigenvalue weighted by molar-refractivity contribution is 5.94. The predicted octanol–water partition coefficient (Wildman–Crippen LogP) is 1.25. The van der Waals surface area contributed by atoms with Crippen LogP contribution in [0.4, 0.5) is 4.39 Å². The molecule has 0 saturated heterocycles. The van der Waals surface area contributed by atoms with Gasteiger partial charge in [0.15, 0.2) is 0 Å². The molecule has 1 aromatic rings. The topological polar surface area (TPSA) is 62.2 Å². The molecule has 0 spiro atoms. The fourth-order valence-electron chi connectivity index (χ4n) is 2.11. The van der Waals surface area contributed by atoms with Gasteiger partial charge in [-0.2, -0.15) is 4.39 Å². The molecule has 1 amide bonds. The third-order valence-electron chi connectivity index (χ3n) is 2.97. The van der Waals surface area contributed by atoms with Crippen molar-refractivity contribution in [3.8, 4) is 0 Å². The van der Waals surface area contributed by atoms with Gasteiger partial charge in [0.25, 0.3) is 5.91 Å². The summed E-state index contributed by atoms with van der Waals surface area (Å²) < 4.78 is 12.8. The minimum absolute atomic E-state index is 0.0255. The number of rotatable bonds is 2. The number of aliphatic hydroxyl groups excluding tert-OH is 1. The molecule has 1 aliphatic rings. The van der Waals surface area contributed by atoms with Gasteiger partial charge in [-0.1, -0.05) is 0 Å². The second-order valence-corrected chi connectivity index (χ2v) is 4.36. The van der Waals surface area contributed by atoms with Gasteiger partial charge < -0.3 is 10.4 Å². The van der Waals surface area contributed by atoms with Gasteiger partial charge in [0.2, 0.25) is 5.95 Å². The maximum absolute atomic E-state index is 12.8. The largest absolute Gasteiger partial charge is 0.393 e. The first kappa shape index (κ1) is 12.0. The predicted molar refractivity (Wildman–Crippen MR) is 59.9 cm³/mol. The summed E-state index contributed by atoms with van der Waals surface area (Å²) in [5.41, 5.74) is 0.262. The van der Waals surface area contributed by atoms with E-state index in [0.717, 1.165) is 25.3 Å². The van der Waals surface area contributed by atoms with E-state index in [0.29, 0.717) is 6.42 Å². The van der Waals surface area contributed by atoms with Crippen LogP contribution in [0.5, 0.6) is 0 Å². The van der Waals surface area contributed by atoms with Crippen molar-refractivity contribution in [2.75, 3.05) is 0 Å². The van der Waals surface area contributed by atoms with Crippen LogP contribution < -0.4 is 5.32 Å². The number of carbonyl (C=O) groups excluding carboxylic acids is 1. The van der Waals surface area contributed by atoms with E-state index in [2.05, 4.69) is 10.3 Å². The Balaban J connectivity index is 1.97. The lowest BCUT2D eigenvalue weighted by molar-refractivity contribution is 0.0849. The SMILES string of the molecule is O=C(NC1CCCC(O)C1)c1ccnc(F)c1. The lowest BCUT2D eigenvalue weighted by Crippen LogP contribution is -2.39. The monoisotopic (exact) mass is 238 g/mol. The minimum Gasteiger partial charge on any atom is -0.393 e. The van der Waals surface area contributed by atoms with Crippen molar-refractivity contribution in [3.05, 3.63) is 29.8 Å². The van der Waals surface area contributed by atoms with E-state index >= 15 is 0 Å². The lowest BCUT2D eigenvalue weighted by atomic mass is 9.93. The van der Waals surface area contributed by atoms with Crippen LogP contribution in [0.25, 0.3) is 0 Å². The van der Waals surface area contributed by atoms with Crippen molar-refractivity contribution in [1.82, 2.24) is 10.3 Å². The highest BCUT2D eigenvalue weighted by Gasteiger charge is 2.22. The van der Waals surface area contributed by atoms with Crippen LogP contribution in [0.1, 0.15) is 36.0 Å². The lowest BCUT2D eigenvalue weighted by Gasteiger charge is -2.26. The Bertz CT molecular complexity index is 411. The van der Waals surface area contributed by atoms with E-state index < -0.39 is 5.95 Å². The third-order valence-corrected chi connectivity index (χ3v) is 2.97. The molecule has 1 aliphatic carbocycles. The molecule has 2 unspecified atom stereocenters. The van der Waals surface area contributed by atoms with Crippen LogP contribution in [0.2, 0.25) is 0 Å². The molecular weight excluding hydrogens is 223 g/mol. The second-order valence-electron chi connectivity index (χ2n) is 4.36. The summed E-state index contributed by atoms with van der Waals surface area (Å²) in [5.74, 6) is -0.980. The molecule has 1 heterocycles. The average molecular weight is 238 g/mol. The zero-order valence-electron chi connectivity index (χ0n) is 9.40. The fraction of sp³-hybridized carbons (Fsp3) is 0.500. The standard InChI is InChI=1S/C12H15FN2O2/c13-11-6-8(4-5-14-11)12(17)15-9-2-1-3-10(16)7-9/h4-6,9-10,16H,1-3,7H2,(H,15,17). The Morgan fingerprint density at radius 1 is 1.53 bits per heavy atom. The number of carbonyl (C=O) groups is 1. The first-order valence-electron chi connectivity index (χ1n) is 5.75. The summed E-state index contributed by atoms with van der Waals surface area (Å²) in [7, 11) is 0. The van der Waals surface area contributed by atoms with E-state index in [9.17, 15) is 14.3 Å². The van der Waals surface area contributed by atoms with Crippen molar-refractivity contribution >= 4 is 5.91 Å². The molecule has 2 rings (SSSR count). The molecule has 0 aliphatic heterocycles. The number of nitrogens with zero attached hydrogens (tertiary/aromatic N) is 1.